The second kappa shape index (κ2) is 5.81. The van der Waals surface area contributed by atoms with Crippen LogP contribution in [0.5, 0.6) is 5.75 Å². The number of benzene rings is 1. The van der Waals surface area contributed by atoms with Crippen LogP contribution < -0.4 is 10.5 Å². The summed E-state index contributed by atoms with van der Waals surface area (Å²) in [6.07, 6.45) is 1.73. The molecule has 0 amide bonds. The van der Waals surface area contributed by atoms with E-state index in [1.807, 2.05) is 11.6 Å². The number of hydrogen-bond donors (Lipinski definition) is 1. The van der Waals surface area contributed by atoms with Crippen LogP contribution in [-0.2, 0) is 19.4 Å². The second-order valence-corrected chi connectivity index (χ2v) is 6.40. The smallest absolute Gasteiger partial charge is 0.125 e. The highest BCUT2D eigenvalue weighted by Crippen LogP contribution is 2.35. The second-order valence-electron chi connectivity index (χ2n) is 5.49. The largest absolute Gasteiger partial charge is 0.493 e. The summed E-state index contributed by atoms with van der Waals surface area (Å²) in [7, 11) is 0. The Morgan fingerprint density at radius 1 is 1.43 bits per heavy atom. The van der Waals surface area contributed by atoms with E-state index < -0.39 is 0 Å². The average Bonchev–Trinajstić information content (AvgIpc) is 3.04. The molecule has 0 radical (unpaired) electrons. The molecule has 0 fully saturated rings. The molecule has 2 aromatic rings. The Labute approximate surface area is 133 Å². The fourth-order valence-corrected chi connectivity index (χ4v) is 3.51. The molecule has 0 saturated heterocycles. The highest BCUT2D eigenvalue weighted by molar-refractivity contribution is 9.10. The van der Waals surface area contributed by atoms with Gasteiger partial charge < -0.3 is 10.5 Å². The maximum absolute atomic E-state index is 6.43. The number of nitrogens with two attached hydrogens (primary N) is 1. The van der Waals surface area contributed by atoms with Gasteiger partial charge in [-0.15, -0.1) is 0 Å². The van der Waals surface area contributed by atoms with Crippen molar-refractivity contribution >= 4 is 15.9 Å². The molecule has 0 aliphatic carbocycles. The molecule has 5 heteroatoms. The Morgan fingerprint density at radius 2 is 2.24 bits per heavy atom. The lowest BCUT2D eigenvalue weighted by atomic mass is 10.00. The SMILES string of the molecule is CCn1nc(C)cc1C(N)Cc1cc(Br)cc2c1OCC2. The first-order valence-electron chi connectivity index (χ1n) is 7.32. The Bertz CT molecular complexity index is 666. The van der Waals surface area contributed by atoms with Crippen LogP contribution in [0.3, 0.4) is 0 Å². The first kappa shape index (κ1) is 14.6. The van der Waals surface area contributed by atoms with Crippen molar-refractivity contribution in [3.05, 3.63) is 45.2 Å². The number of rotatable bonds is 4. The predicted molar refractivity (Wildman–Crippen MR) is 86.6 cm³/mol. The van der Waals surface area contributed by atoms with Crippen molar-refractivity contribution in [1.29, 1.82) is 0 Å². The van der Waals surface area contributed by atoms with Gasteiger partial charge in [-0.2, -0.15) is 5.10 Å². The van der Waals surface area contributed by atoms with Crippen LogP contribution in [0.15, 0.2) is 22.7 Å². The number of halogens is 1. The summed E-state index contributed by atoms with van der Waals surface area (Å²) in [6.45, 7) is 5.69. The monoisotopic (exact) mass is 349 g/mol. The van der Waals surface area contributed by atoms with Gasteiger partial charge in [0.1, 0.15) is 5.75 Å². The molecule has 2 heterocycles. The number of nitrogens with zero attached hydrogens (tertiary/aromatic N) is 2. The van der Waals surface area contributed by atoms with E-state index in [1.54, 1.807) is 0 Å². The topological polar surface area (TPSA) is 53.1 Å². The first-order valence-corrected chi connectivity index (χ1v) is 8.11. The Morgan fingerprint density at radius 3 is 3.00 bits per heavy atom. The van der Waals surface area contributed by atoms with Crippen molar-refractivity contribution < 1.29 is 4.74 Å². The molecule has 112 valence electrons. The molecule has 1 aliphatic heterocycles. The van der Waals surface area contributed by atoms with Crippen LogP contribution in [0.2, 0.25) is 0 Å². The average molecular weight is 350 g/mol. The molecule has 0 bridgehead atoms. The van der Waals surface area contributed by atoms with E-state index >= 15 is 0 Å². The molecule has 2 N–H and O–H groups in total. The van der Waals surface area contributed by atoms with E-state index in [4.69, 9.17) is 10.5 Å². The van der Waals surface area contributed by atoms with Gasteiger partial charge in [-0.05, 0) is 49.6 Å². The van der Waals surface area contributed by atoms with Gasteiger partial charge in [-0.25, -0.2) is 0 Å². The summed E-state index contributed by atoms with van der Waals surface area (Å²) < 4.78 is 8.86. The fraction of sp³-hybridized carbons (Fsp3) is 0.438. The van der Waals surface area contributed by atoms with E-state index in [0.29, 0.717) is 0 Å². The third-order valence-electron chi connectivity index (χ3n) is 3.88. The highest BCUT2D eigenvalue weighted by Gasteiger charge is 2.21. The minimum absolute atomic E-state index is 0.0752. The highest BCUT2D eigenvalue weighted by atomic mass is 79.9. The van der Waals surface area contributed by atoms with Gasteiger partial charge in [-0.1, -0.05) is 15.9 Å². The number of fused-ring (bicyclic) bond motifs is 1. The fourth-order valence-electron chi connectivity index (χ4n) is 2.96. The maximum Gasteiger partial charge on any atom is 0.125 e. The van der Waals surface area contributed by atoms with E-state index in [2.05, 4.69) is 46.2 Å². The summed E-state index contributed by atoms with van der Waals surface area (Å²) in [5.41, 5.74) is 11.0. The number of aryl methyl sites for hydroxylation is 2. The molecule has 4 nitrogen and oxygen atoms in total. The van der Waals surface area contributed by atoms with Gasteiger partial charge in [0, 0.05) is 17.4 Å². The maximum atomic E-state index is 6.43. The van der Waals surface area contributed by atoms with E-state index in [9.17, 15) is 0 Å². The quantitative estimate of drug-likeness (QED) is 0.922. The lowest BCUT2D eigenvalue weighted by molar-refractivity contribution is 0.352. The Balaban J connectivity index is 1.90. The molecule has 0 saturated carbocycles. The van der Waals surface area contributed by atoms with Crippen LogP contribution >= 0.6 is 15.9 Å². The van der Waals surface area contributed by atoms with Crippen molar-refractivity contribution in [2.75, 3.05) is 6.61 Å². The van der Waals surface area contributed by atoms with E-state index in [-0.39, 0.29) is 6.04 Å². The third-order valence-corrected chi connectivity index (χ3v) is 4.34. The Hall–Kier alpha value is -1.33. The van der Waals surface area contributed by atoms with Crippen molar-refractivity contribution in [3.8, 4) is 5.75 Å². The summed E-state index contributed by atoms with van der Waals surface area (Å²) in [6, 6.07) is 6.25. The number of ether oxygens (including phenoxy) is 1. The van der Waals surface area contributed by atoms with Crippen LogP contribution in [0.4, 0.5) is 0 Å². The standard InChI is InChI=1S/C16H20BrN3O/c1-3-20-15(6-10(2)19-20)14(18)9-12-8-13(17)7-11-4-5-21-16(11)12/h6-8,14H,3-5,9,18H2,1-2H3. The molecule has 21 heavy (non-hydrogen) atoms. The summed E-state index contributed by atoms with van der Waals surface area (Å²) in [4.78, 5) is 0. The van der Waals surface area contributed by atoms with Crippen LogP contribution in [0.25, 0.3) is 0 Å². The molecule has 1 aromatic heterocycles. The van der Waals surface area contributed by atoms with Crippen molar-refractivity contribution in [1.82, 2.24) is 9.78 Å². The molecule has 1 atom stereocenters. The van der Waals surface area contributed by atoms with Crippen LogP contribution in [0.1, 0.15) is 35.5 Å². The minimum Gasteiger partial charge on any atom is -0.493 e. The zero-order valence-electron chi connectivity index (χ0n) is 12.4. The van der Waals surface area contributed by atoms with Crippen LogP contribution in [0, 0.1) is 6.92 Å². The lowest BCUT2D eigenvalue weighted by Crippen LogP contribution is -2.18. The minimum atomic E-state index is -0.0752. The zero-order chi connectivity index (χ0) is 15.0. The predicted octanol–water partition coefficient (Wildman–Crippen LogP) is 3.15. The molecule has 3 rings (SSSR count). The summed E-state index contributed by atoms with van der Waals surface area (Å²) in [5.74, 6) is 1.02. The van der Waals surface area contributed by atoms with Gasteiger partial charge in [0.2, 0.25) is 0 Å². The number of aromatic nitrogens is 2. The van der Waals surface area contributed by atoms with Crippen molar-refractivity contribution in [2.45, 2.75) is 39.3 Å². The third kappa shape index (κ3) is 2.85. The lowest BCUT2D eigenvalue weighted by Gasteiger charge is -2.16. The molecule has 0 spiro atoms. The van der Waals surface area contributed by atoms with E-state index in [0.717, 1.165) is 47.6 Å². The molecule has 1 aliphatic rings. The molecule has 1 unspecified atom stereocenters. The van der Waals surface area contributed by atoms with E-state index in [1.165, 1.54) is 11.1 Å². The van der Waals surface area contributed by atoms with Crippen molar-refractivity contribution in [2.24, 2.45) is 5.73 Å². The molecule has 1 aromatic carbocycles. The Kier molecular flexibility index (Phi) is 4.04. The normalized spacial score (nSPS) is 14.9. The molecular weight excluding hydrogens is 330 g/mol. The van der Waals surface area contributed by atoms with Gasteiger partial charge in [0.15, 0.2) is 0 Å². The zero-order valence-corrected chi connectivity index (χ0v) is 14.0. The van der Waals surface area contributed by atoms with Gasteiger partial charge >= 0.3 is 0 Å². The number of hydrogen-bond acceptors (Lipinski definition) is 3. The summed E-state index contributed by atoms with van der Waals surface area (Å²) in [5, 5.41) is 4.48. The molecular formula is C16H20BrN3O. The van der Waals surface area contributed by atoms with Gasteiger partial charge in [-0.3, -0.25) is 4.68 Å². The first-order chi connectivity index (χ1) is 10.1. The summed E-state index contributed by atoms with van der Waals surface area (Å²) >= 11 is 3.58. The van der Waals surface area contributed by atoms with Gasteiger partial charge in [0.25, 0.3) is 0 Å². The van der Waals surface area contributed by atoms with Crippen molar-refractivity contribution in [3.63, 3.8) is 0 Å². The van der Waals surface area contributed by atoms with Crippen LogP contribution in [-0.4, -0.2) is 16.4 Å². The van der Waals surface area contributed by atoms with Gasteiger partial charge in [0.05, 0.1) is 24.0 Å².